The summed E-state index contributed by atoms with van der Waals surface area (Å²) in [5, 5.41) is 8.04. The van der Waals surface area contributed by atoms with Crippen molar-refractivity contribution >= 4 is 11.9 Å². The van der Waals surface area contributed by atoms with Crippen molar-refractivity contribution in [1.29, 1.82) is 0 Å². The van der Waals surface area contributed by atoms with Crippen LogP contribution in [-0.4, -0.2) is 25.1 Å². The molecule has 0 aromatic heterocycles. The van der Waals surface area contributed by atoms with Crippen molar-refractivity contribution in [3.63, 3.8) is 0 Å². The smallest absolute Gasteiger partial charge is 0.315 e. The van der Waals surface area contributed by atoms with Crippen molar-refractivity contribution in [1.82, 2.24) is 16.0 Å². The average Bonchev–Trinajstić information content (AvgIpc) is 2.66. The number of amides is 3. The molecule has 3 amide bonds. The summed E-state index contributed by atoms with van der Waals surface area (Å²) in [6.07, 6.45) is 0.680. The maximum atomic E-state index is 12.8. The maximum Gasteiger partial charge on any atom is 0.315 e. The van der Waals surface area contributed by atoms with Crippen LogP contribution in [0, 0.1) is 5.82 Å². The van der Waals surface area contributed by atoms with Crippen LogP contribution in [0.3, 0.4) is 0 Å². The first-order valence-electron chi connectivity index (χ1n) is 8.39. The van der Waals surface area contributed by atoms with Crippen LogP contribution in [0.1, 0.15) is 23.6 Å². The SMILES string of the molecule is O=C(CNC(=O)NCc1ccc(F)cc1)NC1CCOc2ccccc21. The molecule has 1 unspecified atom stereocenters. The summed E-state index contributed by atoms with van der Waals surface area (Å²) < 4.78 is 18.4. The van der Waals surface area contributed by atoms with E-state index in [1.807, 2.05) is 24.3 Å². The number of nitrogens with one attached hydrogen (secondary N) is 3. The third-order valence-corrected chi connectivity index (χ3v) is 4.07. The Bertz CT molecular complexity index is 780. The minimum Gasteiger partial charge on any atom is -0.493 e. The van der Waals surface area contributed by atoms with Crippen molar-refractivity contribution in [2.45, 2.75) is 19.0 Å². The van der Waals surface area contributed by atoms with E-state index >= 15 is 0 Å². The highest BCUT2D eigenvalue weighted by Crippen LogP contribution is 2.31. The number of rotatable bonds is 5. The predicted molar refractivity (Wildman–Crippen MR) is 94.1 cm³/mol. The molecule has 3 rings (SSSR count). The monoisotopic (exact) mass is 357 g/mol. The largest absolute Gasteiger partial charge is 0.493 e. The van der Waals surface area contributed by atoms with Crippen LogP contribution in [0.4, 0.5) is 9.18 Å². The topological polar surface area (TPSA) is 79.5 Å². The molecule has 0 aliphatic carbocycles. The quantitative estimate of drug-likeness (QED) is 0.768. The van der Waals surface area contributed by atoms with Gasteiger partial charge in [0.05, 0.1) is 19.2 Å². The van der Waals surface area contributed by atoms with E-state index in [0.717, 1.165) is 16.9 Å². The van der Waals surface area contributed by atoms with Gasteiger partial charge in [0.1, 0.15) is 11.6 Å². The molecule has 6 nitrogen and oxygen atoms in total. The molecule has 0 fully saturated rings. The van der Waals surface area contributed by atoms with Crippen LogP contribution in [-0.2, 0) is 11.3 Å². The Balaban J connectivity index is 1.43. The Morgan fingerprint density at radius 2 is 1.85 bits per heavy atom. The van der Waals surface area contributed by atoms with E-state index < -0.39 is 6.03 Å². The number of halogens is 1. The van der Waals surface area contributed by atoms with E-state index in [1.165, 1.54) is 12.1 Å². The minimum absolute atomic E-state index is 0.128. The Morgan fingerprint density at radius 1 is 1.08 bits per heavy atom. The van der Waals surface area contributed by atoms with E-state index in [9.17, 15) is 14.0 Å². The lowest BCUT2D eigenvalue weighted by molar-refractivity contribution is -0.121. The van der Waals surface area contributed by atoms with E-state index in [1.54, 1.807) is 12.1 Å². The van der Waals surface area contributed by atoms with Crippen molar-refractivity contribution in [2.75, 3.05) is 13.2 Å². The molecule has 2 aromatic rings. The number of carbonyl (C=O) groups excluding carboxylic acids is 2. The second-order valence-electron chi connectivity index (χ2n) is 5.96. The first-order chi connectivity index (χ1) is 12.6. The fourth-order valence-electron chi connectivity index (χ4n) is 2.75. The molecule has 0 radical (unpaired) electrons. The Labute approximate surface area is 150 Å². The molecule has 7 heteroatoms. The van der Waals surface area contributed by atoms with Gasteiger partial charge in [0, 0.05) is 18.5 Å². The average molecular weight is 357 g/mol. The van der Waals surface area contributed by atoms with Gasteiger partial charge in [-0.1, -0.05) is 30.3 Å². The molecule has 2 aromatic carbocycles. The van der Waals surface area contributed by atoms with Gasteiger partial charge < -0.3 is 20.7 Å². The van der Waals surface area contributed by atoms with Gasteiger partial charge in [0.15, 0.2) is 0 Å². The summed E-state index contributed by atoms with van der Waals surface area (Å²) in [5.41, 5.74) is 1.71. The van der Waals surface area contributed by atoms with Crippen molar-refractivity contribution in [3.8, 4) is 5.75 Å². The van der Waals surface area contributed by atoms with Gasteiger partial charge in [-0.2, -0.15) is 0 Å². The number of carbonyl (C=O) groups is 2. The zero-order valence-electron chi connectivity index (χ0n) is 14.1. The first kappa shape index (κ1) is 17.7. The number of para-hydroxylation sites is 1. The molecule has 26 heavy (non-hydrogen) atoms. The van der Waals surface area contributed by atoms with Crippen LogP contribution < -0.4 is 20.7 Å². The highest BCUT2D eigenvalue weighted by Gasteiger charge is 2.22. The summed E-state index contributed by atoms with van der Waals surface area (Å²) in [4.78, 5) is 23.9. The molecule has 3 N–H and O–H groups in total. The summed E-state index contributed by atoms with van der Waals surface area (Å²) in [6.45, 7) is 0.656. The second kappa shape index (κ2) is 8.33. The van der Waals surface area contributed by atoms with E-state index in [4.69, 9.17) is 4.74 Å². The van der Waals surface area contributed by atoms with E-state index in [-0.39, 0.29) is 30.9 Å². The lowest BCUT2D eigenvalue weighted by atomic mass is 10.0. The lowest BCUT2D eigenvalue weighted by Gasteiger charge is -2.26. The Kier molecular flexibility index (Phi) is 5.68. The number of ether oxygens (including phenoxy) is 1. The molecule has 1 aliphatic rings. The Hall–Kier alpha value is -3.09. The van der Waals surface area contributed by atoms with Crippen LogP contribution in [0.2, 0.25) is 0 Å². The summed E-state index contributed by atoms with van der Waals surface area (Å²) in [5.74, 6) is 0.169. The summed E-state index contributed by atoms with van der Waals surface area (Å²) >= 11 is 0. The maximum absolute atomic E-state index is 12.8. The zero-order chi connectivity index (χ0) is 18.4. The highest BCUT2D eigenvalue weighted by atomic mass is 19.1. The molecule has 0 spiro atoms. The number of fused-ring (bicyclic) bond motifs is 1. The van der Waals surface area contributed by atoms with Crippen molar-refractivity contribution < 1.29 is 18.7 Å². The van der Waals surface area contributed by atoms with Gasteiger partial charge in [0.2, 0.25) is 5.91 Å². The molecular formula is C19H20FN3O3. The van der Waals surface area contributed by atoms with Gasteiger partial charge in [-0.3, -0.25) is 4.79 Å². The fourth-order valence-corrected chi connectivity index (χ4v) is 2.75. The lowest BCUT2D eigenvalue weighted by Crippen LogP contribution is -2.43. The van der Waals surface area contributed by atoms with E-state index in [2.05, 4.69) is 16.0 Å². The first-order valence-corrected chi connectivity index (χ1v) is 8.39. The molecule has 0 saturated carbocycles. The van der Waals surface area contributed by atoms with Crippen LogP contribution in [0.15, 0.2) is 48.5 Å². The minimum atomic E-state index is -0.461. The van der Waals surface area contributed by atoms with Gasteiger partial charge >= 0.3 is 6.03 Å². The van der Waals surface area contributed by atoms with Gasteiger partial charge in [-0.25, -0.2) is 9.18 Å². The molecule has 0 saturated heterocycles. The molecule has 1 atom stereocenters. The summed E-state index contributed by atoms with van der Waals surface area (Å²) in [6, 6.07) is 12.8. The number of urea groups is 1. The zero-order valence-corrected chi connectivity index (χ0v) is 14.1. The normalized spacial score (nSPS) is 15.3. The van der Waals surface area contributed by atoms with E-state index in [0.29, 0.717) is 13.0 Å². The number of hydrogen-bond acceptors (Lipinski definition) is 3. The van der Waals surface area contributed by atoms with Crippen LogP contribution >= 0.6 is 0 Å². The van der Waals surface area contributed by atoms with Gasteiger partial charge in [-0.15, -0.1) is 0 Å². The van der Waals surface area contributed by atoms with Crippen molar-refractivity contribution in [2.24, 2.45) is 0 Å². The predicted octanol–water partition coefficient (Wildman–Crippen LogP) is 2.26. The third kappa shape index (κ3) is 4.72. The molecule has 0 bridgehead atoms. The Morgan fingerprint density at radius 3 is 2.65 bits per heavy atom. The fraction of sp³-hybridized carbons (Fsp3) is 0.263. The molecule has 136 valence electrons. The second-order valence-corrected chi connectivity index (χ2v) is 5.96. The van der Waals surface area contributed by atoms with Gasteiger partial charge in [-0.05, 0) is 23.8 Å². The molecule has 1 aliphatic heterocycles. The highest BCUT2D eigenvalue weighted by molar-refractivity contribution is 5.84. The van der Waals surface area contributed by atoms with Crippen molar-refractivity contribution in [3.05, 3.63) is 65.5 Å². The van der Waals surface area contributed by atoms with Gasteiger partial charge in [0.25, 0.3) is 0 Å². The molecule has 1 heterocycles. The number of benzene rings is 2. The third-order valence-electron chi connectivity index (χ3n) is 4.07. The van der Waals surface area contributed by atoms with Crippen LogP contribution in [0.5, 0.6) is 5.75 Å². The standard InChI is InChI=1S/C19H20FN3O3/c20-14-7-5-13(6-8-14)11-21-19(25)22-12-18(24)23-16-9-10-26-17-4-2-1-3-15(16)17/h1-8,16H,9-12H2,(H,23,24)(H2,21,22,25). The van der Waals surface area contributed by atoms with Crippen LogP contribution in [0.25, 0.3) is 0 Å². The molecular weight excluding hydrogens is 337 g/mol. The number of hydrogen-bond donors (Lipinski definition) is 3. The summed E-state index contributed by atoms with van der Waals surface area (Å²) in [7, 11) is 0.